The number of alkyl halides is 1. The van der Waals surface area contributed by atoms with Gasteiger partial charge < -0.3 is 10.1 Å². The van der Waals surface area contributed by atoms with Gasteiger partial charge in [0.05, 0.1) is 12.5 Å². The molecule has 1 saturated carbocycles. The Hall–Kier alpha value is -0.770. The van der Waals surface area contributed by atoms with Gasteiger partial charge in [-0.05, 0) is 32.6 Å². The Labute approximate surface area is 101 Å². The molecule has 5 heteroatoms. The number of amides is 1. The van der Waals surface area contributed by atoms with E-state index in [2.05, 4.69) is 5.32 Å². The lowest BCUT2D eigenvalue weighted by molar-refractivity contribution is -0.149. The molecular weight excluding hydrogens is 230 g/mol. The highest BCUT2D eigenvalue weighted by Gasteiger charge is 2.27. The lowest BCUT2D eigenvalue weighted by atomic mass is 9.86. The Bertz CT molecular complexity index is 250. The quantitative estimate of drug-likeness (QED) is 0.605. The van der Waals surface area contributed by atoms with Crippen LogP contribution in [0, 0.1) is 5.92 Å². The molecule has 1 amide bonds. The normalized spacial score (nSPS) is 24.9. The third-order valence-electron chi connectivity index (χ3n) is 2.83. The maximum absolute atomic E-state index is 11.5. The Morgan fingerprint density at radius 1 is 1.31 bits per heavy atom. The smallest absolute Gasteiger partial charge is 0.308 e. The minimum atomic E-state index is -0.138. The predicted octanol–water partition coefficient (Wildman–Crippen LogP) is 1.46. The molecule has 0 bridgehead atoms. The van der Waals surface area contributed by atoms with Crippen LogP contribution in [0.5, 0.6) is 0 Å². The van der Waals surface area contributed by atoms with Crippen molar-refractivity contribution < 1.29 is 14.3 Å². The predicted molar refractivity (Wildman–Crippen MR) is 61.2 cm³/mol. The summed E-state index contributed by atoms with van der Waals surface area (Å²) in [5.41, 5.74) is 0. The Balaban J connectivity index is 2.28. The van der Waals surface area contributed by atoms with Crippen LogP contribution in [0.2, 0.25) is 0 Å². The fraction of sp³-hybridized carbons (Fsp3) is 0.818. The third kappa shape index (κ3) is 4.00. The van der Waals surface area contributed by atoms with E-state index < -0.39 is 0 Å². The van der Waals surface area contributed by atoms with Gasteiger partial charge in [0.25, 0.3) is 0 Å². The Morgan fingerprint density at radius 3 is 2.44 bits per heavy atom. The van der Waals surface area contributed by atoms with Crippen LogP contribution in [-0.2, 0) is 14.3 Å². The first-order valence-corrected chi connectivity index (χ1v) is 6.22. The number of nitrogens with one attached hydrogen (secondary N) is 1. The molecule has 1 fully saturated rings. The molecule has 0 atom stereocenters. The van der Waals surface area contributed by atoms with Gasteiger partial charge in [-0.15, -0.1) is 11.6 Å². The molecule has 0 spiro atoms. The van der Waals surface area contributed by atoms with Crippen molar-refractivity contribution in [2.45, 2.75) is 38.6 Å². The molecule has 92 valence electrons. The van der Waals surface area contributed by atoms with Crippen molar-refractivity contribution in [3.05, 3.63) is 0 Å². The molecule has 0 aromatic heterocycles. The van der Waals surface area contributed by atoms with Crippen LogP contribution in [0.4, 0.5) is 0 Å². The Morgan fingerprint density at radius 2 is 1.94 bits per heavy atom. The topological polar surface area (TPSA) is 55.4 Å². The molecule has 1 rings (SSSR count). The van der Waals surface area contributed by atoms with Gasteiger partial charge in [-0.2, -0.15) is 0 Å². The van der Waals surface area contributed by atoms with E-state index in [1.54, 1.807) is 0 Å². The number of esters is 1. The average Bonchev–Trinajstić information content (AvgIpc) is 2.30. The zero-order chi connectivity index (χ0) is 12.0. The van der Waals surface area contributed by atoms with Crippen LogP contribution in [0.3, 0.4) is 0 Å². The molecular formula is C11H18ClNO3. The maximum atomic E-state index is 11.5. The van der Waals surface area contributed by atoms with Gasteiger partial charge >= 0.3 is 5.97 Å². The summed E-state index contributed by atoms with van der Waals surface area (Å²) in [6.45, 7) is 2.24. The van der Waals surface area contributed by atoms with Gasteiger partial charge in [-0.3, -0.25) is 9.59 Å². The molecule has 0 aliphatic heterocycles. The fourth-order valence-electron chi connectivity index (χ4n) is 2.00. The number of rotatable bonds is 4. The van der Waals surface area contributed by atoms with E-state index >= 15 is 0 Å². The van der Waals surface area contributed by atoms with Crippen LogP contribution in [-0.4, -0.2) is 30.4 Å². The summed E-state index contributed by atoms with van der Waals surface area (Å²) in [5.74, 6) is -0.243. The zero-order valence-corrected chi connectivity index (χ0v) is 10.3. The van der Waals surface area contributed by atoms with Gasteiger partial charge in [0.15, 0.2) is 0 Å². The first kappa shape index (κ1) is 13.3. The number of carbonyl (C=O) groups excluding carboxylic acids is 2. The lowest BCUT2D eigenvalue weighted by Crippen LogP contribution is -2.39. The summed E-state index contributed by atoms with van der Waals surface area (Å²) in [4.78, 5) is 22.5. The van der Waals surface area contributed by atoms with Crippen molar-refractivity contribution in [1.29, 1.82) is 0 Å². The zero-order valence-electron chi connectivity index (χ0n) is 9.50. The molecule has 0 aromatic rings. The number of ether oxygens (including phenoxy) is 1. The molecule has 0 heterocycles. The molecule has 1 aliphatic rings. The van der Waals surface area contributed by atoms with E-state index in [0.29, 0.717) is 6.61 Å². The van der Waals surface area contributed by atoms with Crippen LogP contribution in [0.1, 0.15) is 32.6 Å². The van der Waals surface area contributed by atoms with Crippen molar-refractivity contribution in [2.24, 2.45) is 5.92 Å². The standard InChI is InChI=1S/C11H18ClNO3/c1-2-16-11(15)8-3-5-9(6-4-8)13-10(14)7-12/h8-9H,2-7H2,1H3,(H,13,14). The number of halogens is 1. The maximum Gasteiger partial charge on any atom is 0.308 e. The molecule has 1 N–H and O–H groups in total. The summed E-state index contributed by atoms with van der Waals surface area (Å²) in [7, 11) is 0. The highest BCUT2D eigenvalue weighted by atomic mass is 35.5. The SMILES string of the molecule is CCOC(=O)C1CCC(NC(=O)CCl)CC1. The largest absolute Gasteiger partial charge is 0.466 e. The fourth-order valence-corrected chi connectivity index (χ4v) is 2.08. The molecule has 4 nitrogen and oxygen atoms in total. The highest BCUT2D eigenvalue weighted by molar-refractivity contribution is 6.27. The summed E-state index contributed by atoms with van der Waals surface area (Å²) in [5, 5.41) is 2.84. The molecule has 0 saturated heterocycles. The summed E-state index contributed by atoms with van der Waals surface area (Å²) in [6.07, 6.45) is 3.22. The summed E-state index contributed by atoms with van der Waals surface area (Å²) < 4.78 is 4.97. The minimum Gasteiger partial charge on any atom is -0.466 e. The molecule has 0 aromatic carbocycles. The van der Waals surface area contributed by atoms with Crippen LogP contribution in [0.15, 0.2) is 0 Å². The van der Waals surface area contributed by atoms with E-state index in [0.717, 1.165) is 25.7 Å². The second-order valence-corrected chi connectivity index (χ2v) is 4.27. The van der Waals surface area contributed by atoms with Crippen molar-refractivity contribution >= 4 is 23.5 Å². The third-order valence-corrected chi connectivity index (χ3v) is 3.08. The second-order valence-electron chi connectivity index (χ2n) is 4.00. The first-order valence-electron chi connectivity index (χ1n) is 5.69. The van der Waals surface area contributed by atoms with E-state index in [4.69, 9.17) is 16.3 Å². The monoisotopic (exact) mass is 247 g/mol. The van der Waals surface area contributed by atoms with Gasteiger partial charge in [0, 0.05) is 6.04 Å². The van der Waals surface area contributed by atoms with Crippen molar-refractivity contribution in [1.82, 2.24) is 5.32 Å². The van der Waals surface area contributed by atoms with E-state index in [-0.39, 0.29) is 29.7 Å². The van der Waals surface area contributed by atoms with Gasteiger partial charge in [0.2, 0.25) is 5.91 Å². The number of hydrogen-bond donors (Lipinski definition) is 1. The summed E-state index contributed by atoms with van der Waals surface area (Å²) in [6, 6.07) is 0.164. The highest BCUT2D eigenvalue weighted by Crippen LogP contribution is 2.25. The Kier molecular flexibility index (Phi) is 5.60. The van der Waals surface area contributed by atoms with Crippen molar-refractivity contribution in [3.63, 3.8) is 0 Å². The van der Waals surface area contributed by atoms with E-state index in [1.165, 1.54) is 0 Å². The average molecular weight is 248 g/mol. The number of carbonyl (C=O) groups is 2. The molecule has 0 unspecified atom stereocenters. The molecule has 1 aliphatic carbocycles. The van der Waals surface area contributed by atoms with Crippen molar-refractivity contribution in [3.8, 4) is 0 Å². The van der Waals surface area contributed by atoms with E-state index in [9.17, 15) is 9.59 Å². The van der Waals surface area contributed by atoms with Crippen LogP contribution >= 0.6 is 11.6 Å². The minimum absolute atomic E-state index is 0.00218. The van der Waals surface area contributed by atoms with Crippen molar-refractivity contribution in [2.75, 3.05) is 12.5 Å². The number of hydrogen-bond acceptors (Lipinski definition) is 3. The summed E-state index contributed by atoms with van der Waals surface area (Å²) >= 11 is 5.41. The van der Waals surface area contributed by atoms with Crippen LogP contribution in [0.25, 0.3) is 0 Å². The second kappa shape index (κ2) is 6.74. The van der Waals surface area contributed by atoms with E-state index in [1.807, 2.05) is 6.92 Å². The molecule has 0 radical (unpaired) electrons. The van der Waals surface area contributed by atoms with Gasteiger partial charge in [-0.25, -0.2) is 0 Å². The lowest BCUT2D eigenvalue weighted by Gasteiger charge is -2.27. The first-order chi connectivity index (χ1) is 7.67. The molecule has 16 heavy (non-hydrogen) atoms. The van der Waals surface area contributed by atoms with Crippen LogP contribution < -0.4 is 5.32 Å². The van der Waals surface area contributed by atoms with Gasteiger partial charge in [0.1, 0.15) is 5.88 Å². The van der Waals surface area contributed by atoms with Gasteiger partial charge in [-0.1, -0.05) is 0 Å².